The van der Waals surface area contributed by atoms with Gasteiger partial charge >= 0.3 is 10.2 Å². The minimum Gasteiger partial charge on any atom is -0.451 e. The number of hydrogen-bond donors (Lipinski definition) is 1. The van der Waals surface area contributed by atoms with Gasteiger partial charge in [-0.15, -0.1) is 0 Å². The lowest BCUT2D eigenvalue weighted by atomic mass is 10.2. The number of fused-ring (bicyclic) bond motifs is 1. The predicted octanol–water partition coefficient (Wildman–Crippen LogP) is 3.55. The zero-order chi connectivity index (χ0) is 23.9. The first-order chi connectivity index (χ1) is 15.6. The summed E-state index contributed by atoms with van der Waals surface area (Å²) in [6.45, 7) is 0.454. The number of rotatable bonds is 6. The Kier molecular flexibility index (Phi) is 6.52. The topological polar surface area (TPSA) is 103 Å². The number of anilines is 1. The minimum atomic E-state index is -3.97. The molecule has 1 aliphatic heterocycles. The number of ether oxygens (including phenoxy) is 2. The average molecular weight is 517 g/mol. The first-order valence-electron chi connectivity index (χ1n) is 9.72. The van der Waals surface area contributed by atoms with Crippen LogP contribution in [0.15, 0.2) is 35.4 Å². The SMILES string of the molecule is CO[C@@H]1CCN(S(=O)(=O)Nc2ccc(F)c(Oc3ccc4ncn(C)c(=O)c4c3Cl)c2Cl)C1. The zero-order valence-corrected chi connectivity index (χ0v) is 19.8. The van der Waals surface area contributed by atoms with Crippen LogP contribution in [0.5, 0.6) is 11.5 Å². The molecule has 0 radical (unpaired) electrons. The van der Waals surface area contributed by atoms with Crippen molar-refractivity contribution in [2.45, 2.75) is 12.5 Å². The van der Waals surface area contributed by atoms with Gasteiger partial charge in [0.25, 0.3) is 5.56 Å². The zero-order valence-electron chi connectivity index (χ0n) is 17.5. The molecule has 4 rings (SSSR count). The highest BCUT2D eigenvalue weighted by Gasteiger charge is 2.32. The number of methoxy groups -OCH3 is 1. The van der Waals surface area contributed by atoms with Gasteiger partial charge in [0.15, 0.2) is 11.6 Å². The van der Waals surface area contributed by atoms with Gasteiger partial charge in [-0.05, 0) is 30.7 Å². The predicted molar refractivity (Wildman–Crippen MR) is 123 cm³/mol. The van der Waals surface area contributed by atoms with Crippen LogP contribution in [0.2, 0.25) is 10.0 Å². The number of benzene rings is 2. The van der Waals surface area contributed by atoms with Crippen molar-refractivity contribution in [1.29, 1.82) is 0 Å². The molecule has 3 aromatic rings. The standard InChI is InChI=1S/C20H19Cl2FN4O5S/c1-26-10-24-13-5-6-15(18(22)16(13)20(26)28)32-19-12(23)3-4-14(17(19)21)25-33(29,30)27-8-7-11(9-27)31-2/h3-6,10-11,25H,7-9H2,1-2H3/t11-/m1/s1. The summed E-state index contributed by atoms with van der Waals surface area (Å²) in [5.41, 5.74) is -0.157. The lowest BCUT2D eigenvalue weighted by Crippen LogP contribution is -2.35. The maximum atomic E-state index is 14.6. The van der Waals surface area contributed by atoms with Crippen LogP contribution >= 0.6 is 23.2 Å². The molecule has 0 aliphatic carbocycles. The van der Waals surface area contributed by atoms with Crippen molar-refractivity contribution in [3.63, 3.8) is 0 Å². The third kappa shape index (κ3) is 4.51. The second-order valence-electron chi connectivity index (χ2n) is 7.38. The number of aryl methyl sites for hydroxylation is 1. The minimum absolute atomic E-state index is 0.0439. The third-order valence-corrected chi connectivity index (χ3v) is 7.51. The van der Waals surface area contributed by atoms with Crippen LogP contribution in [0.4, 0.5) is 10.1 Å². The number of halogens is 3. The fraction of sp³-hybridized carbons (Fsp3) is 0.300. The fourth-order valence-corrected chi connectivity index (χ4v) is 5.30. The molecule has 0 bridgehead atoms. The smallest absolute Gasteiger partial charge is 0.301 e. The molecule has 176 valence electrons. The molecular formula is C20H19Cl2FN4O5S. The van der Waals surface area contributed by atoms with Gasteiger partial charge < -0.3 is 14.0 Å². The summed E-state index contributed by atoms with van der Waals surface area (Å²) >= 11 is 12.7. The maximum Gasteiger partial charge on any atom is 0.301 e. The summed E-state index contributed by atoms with van der Waals surface area (Å²) in [5, 5.41) is -0.295. The van der Waals surface area contributed by atoms with Crippen LogP contribution in [0.3, 0.4) is 0 Å². The molecular weight excluding hydrogens is 498 g/mol. The van der Waals surface area contributed by atoms with E-state index in [1.807, 2.05) is 0 Å². The van der Waals surface area contributed by atoms with Crippen LogP contribution in [-0.2, 0) is 22.0 Å². The largest absolute Gasteiger partial charge is 0.451 e. The average Bonchev–Trinajstić information content (AvgIpc) is 3.27. The van der Waals surface area contributed by atoms with Gasteiger partial charge in [-0.25, -0.2) is 9.37 Å². The van der Waals surface area contributed by atoms with E-state index in [1.54, 1.807) is 0 Å². The summed E-state index contributed by atoms with van der Waals surface area (Å²) in [4.78, 5) is 16.6. The molecule has 1 fully saturated rings. The highest BCUT2D eigenvalue weighted by Crippen LogP contribution is 2.41. The van der Waals surface area contributed by atoms with Gasteiger partial charge in [0.05, 0.1) is 34.0 Å². The lowest BCUT2D eigenvalue weighted by molar-refractivity contribution is 0.115. The lowest BCUT2D eigenvalue weighted by Gasteiger charge is -2.19. The van der Waals surface area contributed by atoms with Crippen LogP contribution < -0.4 is 15.0 Å². The third-order valence-electron chi connectivity index (χ3n) is 5.27. The van der Waals surface area contributed by atoms with Crippen LogP contribution in [0, 0.1) is 5.82 Å². The maximum absolute atomic E-state index is 14.6. The van der Waals surface area contributed by atoms with Crippen LogP contribution in [0.25, 0.3) is 10.9 Å². The molecule has 1 saturated heterocycles. The number of aromatic nitrogens is 2. The molecule has 0 spiro atoms. The molecule has 0 amide bonds. The molecule has 2 aromatic carbocycles. The Morgan fingerprint density at radius 2 is 1.97 bits per heavy atom. The van der Waals surface area contributed by atoms with E-state index in [9.17, 15) is 17.6 Å². The summed E-state index contributed by atoms with van der Waals surface area (Å²) in [5.74, 6) is -1.34. The Morgan fingerprint density at radius 3 is 2.67 bits per heavy atom. The molecule has 1 aliphatic rings. The fourth-order valence-electron chi connectivity index (χ4n) is 3.44. The highest BCUT2D eigenvalue weighted by atomic mass is 35.5. The van der Waals surface area contributed by atoms with Gasteiger partial charge in [-0.3, -0.25) is 9.52 Å². The van der Waals surface area contributed by atoms with Gasteiger partial charge in [0.2, 0.25) is 0 Å². The molecule has 0 unspecified atom stereocenters. The van der Waals surface area contributed by atoms with Crippen molar-refractivity contribution in [1.82, 2.24) is 13.9 Å². The Labute approximate surface area is 198 Å². The van der Waals surface area contributed by atoms with E-state index in [2.05, 4.69) is 9.71 Å². The Hall–Kier alpha value is -2.44. The molecule has 1 aromatic heterocycles. The van der Waals surface area contributed by atoms with E-state index in [0.717, 1.165) is 6.07 Å². The van der Waals surface area contributed by atoms with E-state index in [1.165, 1.54) is 47.6 Å². The molecule has 1 atom stereocenters. The quantitative estimate of drug-likeness (QED) is 0.537. The van der Waals surface area contributed by atoms with Crippen molar-refractivity contribution in [3.8, 4) is 11.5 Å². The van der Waals surface area contributed by atoms with Crippen LogP contribution in [-0.4, -0.2) is 48.6 Å². The van der Waals surface area contributed by atoms with Gasteiger partial charge in [0, 0.05) is 27.2 Å². The summed E-state index contributed by atoms with van der Waals surface area (Å²) in [6.07, 6.45) is 1.70. The normalized spacial score (nSPS) is 16.9. The van der Waals surface area contributed by atoms with E-state index in [4.69, 9.17) is 32.7 Å². The van der Waals surface area contributed by atoms with Gasteiger partial charge in [-0.1, -0.05) is 23.2 Å². The number of nitrogens with one attached hydrogen (secondary N) is 1. The molecule has 13 heteroatoms. The van der Waals surface area contributed by atoms with Crippen molar-refractivity contribution < 1.29 is 22.3 Å². The van der Waals surface area contributed by atoms with Crippen molar-refractivity contribution >= 4 is 50.0 Å². The van der Waals surface area contributed by atoms with Crippen molar-refractivity contribution in [2.75, 3.05) is 24.9 Å². The molecule has 0 saturated carbocycles. The first-order valence-corrected chi connectivity index (χ1v) is 11.9. The van der Waals surface area contributed by atoms with Crippen molar-refractivity contribution in [3.05, 3.63) is 56.8 Å². The second kappa shape index (κ2) is 9.07. The Balaban J connectivity index is 1.68. The monoisotopic (exact) mass is 516 g/mol. The molecule has 9 nitrogen and oxygen atoms in total. The Bertz CT molecular complexity index is 1400. The van der Waals surface area contributed by atoms with E-state index in [-0.39, 0.29) is 46.1 Å². The highest BCUT2D eigenvalue weighted by molar-refractivity contribution is 7.90. The van der Waals surface area contributed by atoms with E-state index in [0.29, 0.717) is 11.9 Å². The molecule has 33 heavy (non-hydrogen) atoms. The van der Waals surface area contributed by atoms with Crippen LogP contribution in [0.1, 0.15) is 6.42 Å². The van der Waals surface area contributed by atoms with Crippen molar-refractivity contribution in [2.24, 2.45) is 7.05 Å². The summed E-state index contributed by atoms with van der Waals surface area (Å²) in [7, 11) is -0.940. The number of nitrogens with zero attached hydrogens (tertiary/aromatic N) is 3. The molecule has 2 heterocycles. The summed E-state index contributed by atoms with van der Waals surface area (Å²) < 4.78 is 55.7. The molecule has 1 N–H and O–H groups in total. The first kappa shape index (κ1) is 23.7. The van der Waals surface area contributed by atoms with Gasteiger partial charge in [0.1, 0.15) is 10.8 Å². The Morgan fingerprint density at radius 1 is 1.21 bits per heavy atom. The second-order valence-corrected chi connectivity index (χ2v) is 9.81. The van der Waals surface area contributed by atoms with E-state index < -0.39 is 27.3 Å². The van der Waals surface area contributed by atoms with E-state index >= 15 is 0 Å². The number of hydrogen-bond acceptors (Lipinski definition) is 6. The summed E-state index contributed by atoms with van der Waals surface area (Å²) in [6, 6.07) is 5.11. The van der Waals surface area contributed by atoms with Gasteiger partial charge in [-0.2, -0.15) is 12.7 Å².